The lowest BCUT2D eigenvalue weighted by molar-refractivity contribution is 0.591. The number of likely N-dealkylation sites (N-methyl/N-ethyl adjacent to an activating group) is 1. The molecule has 0 aromatic heterocycles. The molecular formula is C31H41N3O2S. The number of hydrogen-bond acceptors (Lipinski definition) is 5. The van der Waals surface area contributed by atoms with Gasteiger partial charge in [0.2, 0.25) is 0 Å². The molecule has 37 heavy (non-hydrogen) atoms. The molecule has 1 aliphatic heterocycles. The number of anilines is 2. The summed E-state index contributed by atoms with van der Waals surface area (Å²) < 4.78 is 27.8. The standard InChI is InChI=1S/C31H41N3O2S/c1-5-9-19-34(20-10-6-2)26-15-11-23(12-16-26)31-27-17-13-24(32-7-3)21-29(27)37(35,36)30-22-25(33-8-4)14-18-28(30)31/h11-18,21-22,29,32-33H,5-10,19-20H2,1-4H3. The monoisotopic (exact) mass is 519 g/mol. The van der Waals surface area contributed by atoms with Crippen molar-refractivity contribution in [3.63, 3.8) is 0 Å². The average Bonchev–Trinajstić information content (AvgIpc) is 2.90. The molecule has 2 aliphatic rings. The lowest BCUT2D eigenvalue weighted by Crippen LogP contribution is -2.30. The Kier molecular flexibility index (Phi) is 8.80. The minimum Gasteiger partial charge on any atom is -0.386 e. The maximum atomic E-state index is 13.9. The van der Waals surface area contributed by atoms with E-state index in [0.717, 1.165) is 59.8 Å². The van der Waals surface area contributed by atoms with E-state index in [0.29, 0.717) is 4.90 Å². The number of unbranched alkanes of at least 4 members (excludes halogenated alkanes) is 2. The summed E-state index contributed by atoms with van der Waals surface area (Å²) in [5.74, 6) is 0. The van der Waals surface area contributed by atoms with Crippen molar-refractivity contribution < 1.29 is 8.42 Å². The maximum absolute atomic E-state index is 13.9. The number of hydrogen-bond donors (Lipinski definition) is 2. The third-order valence-electron chi connectivity index (χ3n) is 7.11. The van der Waals surface area contributed by atoms with Crippen LogP contribution >= 0.6 is 0 Å². The molecule has 0 saturated heterocycles. The molecule has 0 fully saturated rings. The third-order valence-corrected chi connectivity index (χ3v) is 9.12. The molecule has 1 atom stereocenters. The third kappa shape index (κ3) is 5.64. The van der Waals surface area contributed by atoms with Gasteiger partial charge in [-0.05, 0) is 79.8 Å². The summed E-state index contributed by atoms with van der Waals surface area (Å²) in [5, 5.41) is 5.85. The first kappa shape index (κ1) is 27.1. The fourth-order valence-electron chi connectivity index (χ4n) is 5.19. The highest BCUT2D eigenvalue weighted by atomic mass is 32.2. The Labute approximate surface area is 223 Å². The summed E-state index contributed by atoms with van der Waals surface area (Å²) in [4.78, 5) is 2.87. The van der Waals surface area contributed by atoms with Crippen LogP contribution in [0.15, 0.2) is 76.9 Å². The molecule has 4 rings (SSSR count). The van der Waals surface area contributed by atoms with Gasteiger partial charge in [-0.15, -0.1) is 0 Å². The van der Waals surface area contributed by atoms with Crippen LogP contribution in [0.5, 0.6) is 0 Å². The van der Waals surface area contributed by atoms with Gasteiger partial charge < -0.3 is 15.5 Å². The zero-order valence-corrected chi connectivity index (χ0v) is 23.5. The van der Waals surface area contributed by atoms with E-state index in [1.165, 1.54) is 31.4 Å². The van der Waals surface area contributed by atoms with Gasteiger partial charge in [0.1, 0.15) is 5.25 Å². The predicted molar refractivity (Wildman–Crippen MR) is 157 cm³/mol. The van der Waals surface area contributed by atoms with E-state index in [-0.39, 0.29) is 0 Å². The normalized spacial score (nSPS) is 17.6. The summed E-state index contributed by atoms with van der Waals surface area (Å²) in [6.45, 7) is 12.1. The van der Waals surface area contributed by atoms with Crippen molar-refractivity contribution >= 4 is 26.8 Å². The fourth-order valence-corrected chi connectivity index (χ4v) is 7.08. The van der Waals surface area contributed by atoms with Crippen LogP contribution in [0, 0.1) is 0 Å². The lowest BCUT2D eigenvalue weighted by atomic mass is 9.88. The molecule has 1 unspecified atom stereocenters. The van der Waals surface area contributed by atoms with Crippen LogP contribution in [-0.2, 0) is 9.84 Å². The molecule has 0 radical (unpaired) electrons. The molecule has 0 spiro atoms. The molecule has 0 saturated carbocycles. The van der Waals surface area contributed by atoms with E-state index in [4.69, 9.17) is 0 Å². The number of benzene rings is 2. The molecule has 0 bridgehead atoms. The van der Waals surface area contributed by atoms with E-state index in [1.54, 1.807) is 6.07 Å². The molecule has 2 aromatic carbocycles. The number of allylic oxidation sites excluding steroid dienone is 2. The van der Waals surface area contributed by atoms with Crippen molar-refractivity contribution in [1.82, 2.24) is 5.32 Å². The van der Waals surface area contributed by atoms with Crippen molar-refractivity contribution in [2.45, 2.75) is 63.5 Å². The summed E-state index contributed by atoms with van der Waals surface area (Å²) in [5.41, 5.74) is 6.57. The zero-order valence-electron chi connectivity index (χ0n) is 22.7. The topological polar surface area (TPSA) is 61.4 Å². The minimum atomic E-state index is -3.59. The van der Waals surface area contributed by atoms with Gasteiger partial charge in [-0.3, -0.25) is 0 Å². The smallest absolute Gasteiger partial charge is 0.189 e. The highest BCUT2D eigenvalue weighted by Gasteiger charge is 2.39. The van der Waals surface area contributed by atoms with Gasteiger partial charge in [0, 0.05) is 48.8 Å². The second-order valence-corrected chi connectivity index (χ2v) is 11.8. The van der Waals surface area contributed by atoms with Crippen molar-refractivity contribution in [2.75, 3.05) is 36.4 Å². The van der Waals surface area contributed by atoms with E-state index in [9.17, 15) is 8.42 Å². The lowest BCUT2D eigenvalue weighted by Gasteiger charge is -2.31. The second-order valence-electron chi connectivity index (χ2n) is 9.76. The van der Waals surface area contributed by atoms with Gasteiger partial charge >= 0.3 is 0 Å². The van der Waals surface area contributed by atoms with Crippen LogP contribution in [0.2, 0.25) is 0 Å². The van der Waals surface area contributed by atoms with Crippen LogP contribution in [0.3, 0.4) is 0 Å². The largest absolute Gasteiger partial charge is 0.386 e. The highest BCUT2D eigenvalue weighted by Crippen LogP contribution is 2.44. The molecule has 1 aliphatic carbocycles. The Bertz CT molecular complexity index is 1280. The molecular weight excluding hydrogens is 478 g/mol. The van der Waals surface area contributed by atoms with Crippen LogP contribution in [0.4, 0.5) is 11.4 Å². The van der Waals surface area contributed by atoms with Crippen molar-refractivity contribution in [1.29, 1.82) is 0 Å². The van der Waals surface area contributed by atoms with Crippen LogP contribution < -0.4 is 15.5 Å². The molecule has 6 heteroatoms. The summed E-state index contributed by atoms with van der Waals surface area (Å²) in [6, 6.07) is 14.5. The van der Waals surface area contributed by atoms with Gasteiger partial charge in [0.15, 0.2) is 9.84 Å². The van der Waals surface area contributed by atoms with E-state index < -0.39 is 15.1 Å². The van der Waals surface area contributed by atoms with Crippen molar-refractivity contribution in [3.05, 3.63) is 83.1 Å². The van der Waals surface area contributed by atoms with E-state index in [2.05, 4.69) is 53.6 Å². The number of fused-ring (bicyclic) bond motifs is 2. The second kappa shape index (κ2) is 12.0. The van der Waals surface area contributed by atoms with Gasteiger partial charge in [-0.25, -0.2) is 8.42 Å². The minimum absolute atomic E-state index is 0.397. The quantitative estimate of drug-likeness (QED) is 0.333. The number of sulfone groups is 1. The van der Waals surface area contributed by atoms with Gasteiger partial charge in [-0.2, -0.15) is 0 Å². The van der Waals surface area contributed by atoms with Gasteiger partial charge in [-0.1, -0.05) is 51.0 Å². The molecule has 198 valence electrons. The number of rotatable bonds is 12. The average molecular weight is 520 g/mol. The number of nitrogens with one attached hydrogen (secondary N) is 2. The van der Waals surface area contributed by atoms with Crippen molar-refractivity contribution in [2.24, 2.45) is 0 Å². The van der Waals surface area contributed by atoms with Crippen LogP contribution in [0.25, 0.3) is 5.57 Å². The predicted octanol–water partition coefficient (Wildman–Crippen LogP) is 6.55. The Morgan fingerprint density at radius 2 is 1.51 bits per heavy atom. The Morgan fingerprint density at radius 3 is 2.14 bits per heavy atom. The summed E-state index contributed by atoms with van der Waals surface area (Å²) >= 11 is 0. The van der Waals surface area contributed by atoms with Crippen LogP contribution in [0.1, 0.15) is 64.5 Å². The molecule has 2 aromatic rings. The Morgan fingerprint density at radius 1 is 0.838 bits per heavy atom. The summed E-state index contributed by atoms with van der Waals surface area (Å²) in [6.07, 6.45) is 10.5. The first-order valence-electron chi connectivity index (χ1n) is 13.8. The fraction of sp³-hybridized carbons (Fsp3) is 0.419. The van der Waals surface area contributed by atoms with Gasteiger partial charge in [0.25, 0.3) is 0 Å². The maximum Gasteiger partial charge on any atom is 0.189 e. The van der Waals surface area contributed by atoms with E-state index >= 15 is 0 Å². The molecule has 5 nitrogen and oxygen atoms in total. The number of nitrogens with zero attached hydrogens (tertiary/aromatic N) is 1. The van der Waals surface area contributed by atoms with Gasteiger partial charge in [0.05, 0.1) is 4.90 Å². The Hall–Kier alpha value is -2.99. The SMILES string of the molecule is CCCCN(CCCC)c1ccc(C2=C3C=CC(NCC)=CC3S(=O)(=O)c3cc(NCC)ccc32)cc1. The first-order valence-corrected chi connectivity index (χ1v) is 15.3. The first-order chi connectivity index (χ1) is 17.9. The Balaban J connectivity index is 1.82. The van der Waals surface area contributed by atoms with Crippen LogP contribution in [-0.4, -0.2) is 39.8 Å². The molecule has 0 amide bonds. The van der Waals surface area contributed by atoms with Crippen molar-refractivity contribution in [3.8, 4) is 0 Å². The summed E-state index contributed by atoms with van der Waals surface area (Å²) in [7, 11) is -3.59. The van der Waals surface area contributed by atoms with E-state index in [1.807, 2.05) is 44.2 Å². The molecule has 1 heterocycles. The highest BCUT2D eigenvalue weighted by molar-refractivity contribution is 7.92. The molecule has 2 N–H and O–H groups in total. The zero-order chi connectivity index (χ0) is 26.4.